The third-order valence-corrected chi connectivity index (χ3v) is 4.13. The molecule has 0 aliphatic carbocycles. The van der Waals surface area contributed by atoms with Gasteiger partial charge in [-0.3, -0.25) is 4.79 Å². The van der Waals surface area contributed by atoms with E-state index >= 15 is 0 Å². The maximum absolute atomic E-state index is 12.2. The van der Waals surface area contributed by atoms with Crippen LogP contribution in [-0.4, -0.2) is 50.2 Å². The van der Waals surface area contributed by atoms with Gasteiger partial charge < -0.3 is 26.0 Å². The molecule has 1 aliphatic rings. The molecule has 0 saturated carbocycles. The van der Waals surface area contributed by atoms with Crippen LogP contribution in [0.1, 0.15) is 18.4 Å². The van der Waals surface area contributed by atoms with Gasteiger partial charge in [0.15, 0.2) is 0 Å². The van der Waals surface area contributed by atoms with Gasteiger partial charge in [-0.2, -0.15) is 0 Å². The highest BCUT2D eigenvalue weighted by Gasteiger charge is 2.26. The van der Waals surface area contributed by atoms with Crippen LogP contribution in [0.3, 0.4) is 0 Å². The number of hydrogen-bond donors (Lipinski definition) is 3. The van der Waals surface area contributed by atoms with E-state index in [1.54, 1.807) is 20.2 Å². The lowest BCUT2D eigenvalue weighted by molar-refractivity contribution is -0.124. The van der Waals surface area contributed by atoms with Gasteiger partial charge in [0.25, 0.3) is 0 Å². The molecule has 0 spiro atoms. The van der Waals surface area contributed by atoms with Crippen molar-refractivity contribution in [2.45, 2.75) is 25.4 Å². The highest BCUT2D eigenvalue weighted by atomic mass is 16.5. The van der Waals surface area contributed by atoms with Crippen LogP contribution >= 0.6 is 0 Å². The van der Waals surface area contributed by atoms with Crippen molar-refractivity contribution in [3.8, 4) is 0 Å². The van der Waals surface area contributed by atoms with E-state index in [0.29, 0.717) is 25.4 Å². The minimum atomic E-state index is -0.509. The van der Waals surface area contributed by atoms with Crippen molar-refractivity contribution in [1.29, 1.82) is 0 Å². The molecule has 4 N–H and O–H groups in total. The first-order chi connectivity index (χ1) is 11.5. The number of nitrogens with two attached hydrogens (primary N) is 1. The molecule has 1 heterocycles. The molecular weight excluding hydrogens is 308 g/mol. The average Bonchev–Trinajstić information content (AvgIpc) is 2.60. The van der Waals surface area contributed by atoms with E-state index in [1.165, 1.54) is 4.90 Å². The molecule has 0 bridgehead atoms. The van der Waals surface area contributed by atoms with Crippen molar-refractivity contribution >= 4 is 17.6 Å². The highest BCUT2D eigenvalue weighted by molar-refractivity contribution is 5.89. The molecule has 24 heavy (non-hydrogen) atoms. The Morgan fingerprint density at radius 2 is 2.04 bits per heavy atom. The van der Waals surface area contributed by atoms with Gasteiger partial charge in [0, 0.05) is 39.5 Å². The molecular formula is C17H26N4O3. The van der Waals surface area contributed by atoms with E-state index in [1.807, 2.05) is 18.2 Å². The van der Waals surface area contributed by atoms with Gasteiger partial charge in [-0.1, -0.05) is 12.1 Å². The second kappa shape index (κ2) is 8.65. The van der Waals surface area contributed by atoms with Crippen molar-refractivity contribution in [1.82, 2.24) is 10.2 Å². The fraction of sp³-hybridized carbons (Fsp3) is 0.529. The number of carbonyl (C=O) groups is 2. The summed E-state index contributed by atoms with van der Waals surface area (Å²) in [5, 5.41) is 5.65. The Kier molecular flexibility index (Phi) is 6.57. The number of nitrogens with one attached hydrogen (secondary N) is 2. The molecule has 1 unspecified atom stereocenters. The van der Waals surface area contributed by atoms with E-state index in [9.17, 15) is 9.59 Å². The molecule has 0 aromatic heterocycles. The summed E-state index contributed by atoms with van der Waals surface area (Å²) < 4.78 is 5.30. The van der Waals surface area contributed by atoms with Crippen LogP contribution in [-0.2, 0) is 16.1 Å². The Bertz CT molecular complexity index is 571. The second-order valence-electron chi connectivity index (χ2n) is 6.22. The van der Waals surface area contributed by atoms with Crippen LogP contribution in [0.15, 0.2) is 24.3 Å². The minimum absolute atomic E-state index is 0.148. The first-order valence-corrected chi connectivity index (χ1v) is 8.15. The SMILES string of the molecule is CN(C)C(=O)Nc1cccc(CNC(=O)C(N)C2CCOCC2)c1. The zero-order valence-corrected chi connectivity index (χ0v) is 14.2. The van der Waals surface area contributed by atoms with Gasteiger partial charge in [-0.05, 0) is 36.5 Å². The summed E-state index contributed by atoms with van der Waals surface area (Å²) in [5.74, 6) is 0.0223. The molecule has 3 amide bonds. The van der Waals surface area contributed by atoms with Gasteiger partial charge in [0.2, 0.25) is 5.91 Å². The maximum Gasteiger partial charge on any atom is 0.321 e. The number of anilines is 1. The van der Waals surface area contributed by atoms with E-state index in [0.717, 1.165) is 18.4 Å². The number of nitrogens with zero attached hydrogens (tertiary/aromatic N) is 1. The van der Waals surface area contributed by atoms with Crippen LogP contribution < -0.4 is 16.4 Å². The molecule has 1 aromatic rings. The molecule has 1 aromatic carbocycles. The quantitative estimate of drug-likeness (QED) is 0.752. The molecule has 1 atom stereocenters. The predicted octanol–water partition coefficient (Wildman–Crippen LogP) is 1.15. The maximum atomic E-state index is 12.2. The molecule has 132 valence electrons. The fourth-order valence-electron chi connectivity index (χ4n) is 2.59. The summed E-state index contributed by atoms with van der Waals surface area (Å²) in [7, 11) is 3.36. The van der Waals surface area contributed by atoms with Gasteiger partial charge in [-0.15, -0.1) is 0 Å². The molecule has 7 heteroatoms. The lowest BCUT2D eigenvalue weighted by Crippen LogP contribution is -2.46. The summed E-state index contributed by atoms with van der Waals surface area (Å²) in [5.41, 5.74) is 7.65. The number of urea groups is 1. The second-order valence-corrected chi connectivity index (χ2v) is 6.22. The Morgan fingerprint density at radius 1 is 1.33 bits per heavy atom. The summed E-state index contributed by atoms with van der Waals surface area (Å²) in [4.78, 5) is 25.3. The third-order valence-electron chi connectivity index (χ3n) is 4.13. The van der Waals surface area contributed by atoms with Crippen LogP contribution in [0.2, 0.25) is 0 Å². The van der Waals surface area contributed by atoms with Gasteiger partial charge >= 0.3 is 6.03 Å². The summed E-state index contributed by atoms with van der Waals surface area (Å²) in [6.07, 6.45) is 1.64. The molecule has 1 fully saturated rings. The standard InChI is InChI=1S/C17H26N4O3/c1-21(2)17(23)20-14-5-3-4-12(10-14)11-19-16(22)15(18)13-6-8-24-9-7-13/h3-5,10,13,15H,6-9,11,18H2,1-2H3,(H,19,22)(H,20,23). The normalized spacial score (nSPS) is 16.3. The van der Waals surface area contributed by atoms with E-state index in [-0.39, 0.29) is 17.9 Å². The van der Waals surface area contributed by atoms with Crippen LogP contribution in [0.25, 0.3) is 0 Å². The van der Waals surface area contributed by atoms with Crippen molar-refractivity contribution < 1.29 is 14.3 Å². The Morgan fingerprint density at radius 3 is 2.71 bits per heavy atom. The van der Waals surface area contributed by atoms with Crippen molar-refractivity contribution in [2.24, 2.45) is 11.7 Å². The van der Waals surface area contributed by atoms with E-state index in [4.69, 9.17) is 10.5 Å². The number of rotatable bonds is 5. The van der Waals surface area contributed by atoms with Gasteiger partial charge in [-0.25, -0.2) is 4.79 Å². The van der Waals surface area contributed by atoms with E-state index in [2.05, 4.69) is 10.6 Å². The smallest absolute Gasteiger partial charge is 0.321 e. The van der Waals surface area contributed by atoms with Crippen LogP contribution in [0, 0.1) is 5.92 Å². The van der Waals surface area contributed by atoms with E-state index < -0.39 is 6.04 Å². The monoisotopic (exact) mass is 334 g/mol. The fourth-order valence-corrected chi connectivity index (χ4v) is 2.59. The first-order valence-electron chi connectivity index (χ1n) is 8.15. The lowest BCUT2D eigenvalue weighted by atomic mass is 9.92. The topological polar surface area (TPSA) is 96.7 Å². The minimum Gasteiger partial charge on any atom is -0.381 e. The highest BCUT2D eigenvalue weighted by Crippen LogP contribution is 2.18. The lowest BCUT2D eigenvalue weighted by Gasteiger charge is -2.26. The van der Waals surface area contributed by atoms with Gasteiger partial charge in [0.05, 0.1) is 6.04 Å². The predicted molar refractivity (Wildman–Crippen MR) is 92.5 cm³/mol. The summed E-state index contributed by atoms with van der Waals surface area (Å²) >= 11 is 0. The Balaban J connectivity index is 1.87. The number of benzene rings is 1. The largest absolute Gasteiger partial charge is 0.381 e. The van der Waals surface area contributed by atoms with Crippen molar-refractivity contribution in [2.75, 3.05) is 32.6 Å². The van der Waals surface area contributed by atoms with Gasteiger partial charge in [0.1, 0.15) is 0 Å². The van der Waals surface area contributed by atoms with Crippen molar-refractivity contribution in [3.05, 3.63) is 29.8 Å². The average molecular weight is 334 g/mol. The molecule has 7 nitrogen and oxygen atoms in total. The molecule has 2 rings (SSSR count). The third kappa shape index (κ3) is 5.21. The number of ether oxygens (including phenoxy) is 1. The first kappa shape index (κ1) is 18.2. The Hall–Kier alpha value is -2.12. The number of carbonyl (C=O) groups excluding carboxylic acids is 2. The zero-order valence-electron chi connectivity index (χ0n) is 14.2. The van der Waals surface area contributed by atoms with Crippen LogP contribution in [0.4, 0.5) is 10.5 Å². The summed E-state index contributed by atoms with van der Waals surface area (Å²) in [6, 6.07) is 6.67. The summed E-state index contributed by atoms with van der Waals surface area (Å²) in [6.45, 7) is 1.71. The number of hydrogen-bond acceptors (Lipinski definition) is 4. The number of amides is 3. The van der Waals surface area contributed by atoms with Crippen LogP contribution in [0.5, 0.6) is 0 Å². The zero-order chi connectivity index (χ0) is 17.5. The molecule has 1 saturated heterocycles. The molecule has 1 aliphatic heterocycles. The van der Waals surface area contributed by atoms with Crippen molar-refractivity contribution in [3.63, 3.8) is 0 Å². The Labute approximate surface area is 142 Å². The molecule has 0 radical (unpaired) electrons.